The number of benzene rings is 1. The second-order valence-electron chi connectivity index (χ2n) is 4.13. The van der Waals surface area contributed by atoms with Gasteiger partial charge in [-0.25, -0.2) is 0 Å². The van der Waals surface area contributed by atoms with Crippen molar-refractivity contribution >= 4 is 0 Å². The zero-order valence-corrected chi connectivity index (χ0v) is 11.5. The number of hydrogen-bond acceptors (Lipinski definition) is 3. The van der Waals surface area contributed by atoms with Gasteiger partial charge in [-0.2, -0.15) is 0 Å². The molecule has 0 aromatic heterocycles. The molecule has 0 heterocycles. The molecule has 0 aliphatic rings. The van der Waals surface area contributed by atoms with Gasteiger partial charge in [-0.15, -0.1) is 6.42 Å². The van der Waals surface area contributed by atoms with Gasteiger partial charge in [-0.05, 0) is 31.0 Å². The molecular weight excluding hydrogens is 226 g/mol. The minimum atomic E-state index is 0.0445. The van der Waals surface area contributed by atoms with E-state index in [0.717, 1.165) is 23.5 Å². The van der Waals surface area contributed by atoms with Crippen LogP contribution in [0.1, 0.15) is 31.9 Å². The van der Waals surface area contributed by atoms with Gasteiger partial charge in [0.2, 0.25) is 0 Å². The maximum Gasteiger partial charge on any atom is 0.161 e. The molecule has 0 saturated heterocycles. The Morgan fingerprint density at radius 1 is 1.28 bits per heavy atom. The highest BCUT2D eigenvalue weighted by atomic mass is 16.5. The molecule has 1 N–H and O–H groups in total. The van der Waals surface area contributed by atoms with Crippen LogP contribution in [0.25, 0.3) is 0 Å². The van der Waals surface area contributed by atoms with Crippen LogP contribution in [0.3, 0.4) is 0 Å². The highest BCUT2D eigenvalue weighted by Crippen LogP contribution is 2.30. The van der Waals surface area contributed by atoms with Gasteiger partial charge in [0.1, 0.15) is 0 Å². The minimum absolute atomic E-state index is 0.0445. The summed E-state index contributed by atoms with van der Waals surface area (Å²) in [5.41, 5.74) is 1.15. The molecule has 1 aromatic carbocycles. The van der Waals surface area contributed by atoms with Gasteiger partial charge in [-0.1, -0.05) is 18.9 Å². The Bertz CT molecular complexity index is 423. The summed E-state index contributed by atoms with van der Waals surface area (Å²) < 4.78 is 10.5. The predicted molar refractivity (Wildman–Crippen MR) is 74.0 cm³/mol. The first-order valence-electron chi connectivity index (χ1n) is 6.10. The Labute approximate surface area is 109 Å². The van der Waals surface area contributed by atoms with E-state index >= 15 is 0 Å². The van der Waals surface area contributed by atoms with Crippen molar-refractivity contribution < 1.29 is 9.47 Å². The lowest BCUT2D eigenvalue weighted by atomic mass is 10.0. The fourth-order valence-electron chi connectivity index (χ4n) is 1.87. The van der Waals surface area contributed by atoms with Gasteiger partial charge < -0.3 is 9.47 Å². The first-order valence-corrected chi connectivity index (χ1v) is 6.10. The van der Waals surface area contributed by atoms with Gasteiger partial charge in [0, 0.05) is 6.04 Å². The highest BCUT2D eigenvalue weighted by molar-refractivity contribution is 5.43. The number of methoxy groups -OCH3 is 2. The van der Waals surface area contributed by atoms with Gasteiger partial charge in [0.05, 0.1) is 20.3 Å². The van der Waals surface area contributed by atoms with E-state index in [4.69, 9.17) is 15.9 Å². The molecule has 1 rings (SSSR count). The Morgan fingerprint density at radius 2 is 1.94 bits per heavy atom. The SMILES string of the molecule is C#CC(C)NC(CC)c1ccc(OC)c(OC)c1. The summed E-state index contributed by atoms with van der Waals surface area (Å²) >= 11 is 0. The standard InChI is InChI=1S/C15H21NO2/c1-6-11(3)16-13(7-2)12-8-9-14(17-4)15(10-12)18-5/h1,8-11,13,16H,7H2,2-5H3. The maximum absolute atomic E-state index is 5.40. The second kappa shape index (κ2) is 6.93. The lowest BCUT2D eigenvalue weighted by molar-refractivity contribution is 0.353. The summed E-state index contributed by atoms with van der Waals surface area (Å²) in [5.74, 6) is 4.16. The zero-order chi connectivity index (χ0) is 13.5. The lowest BCUT2D eigenvalue weighted by Gasteiger charge is -2.20. The van der Waals surface area contributed by atoms with Crippen LogP contribution in [-0.4, -0.2) is 20.3 Å². The predicted octanol–water partition coefficient (Wildman–Crippen LogP) is 2.77. The number of nitrogens with one attached hydrogen (secondary N) is 1. The van der Waals surface area contributed by atoms with E-state index in [-0.39, 0.29) is 12.1 Å². The number of rotatable bonds is 6. The molecule has 3 heteroatoms. The zero-order valence-electron chi connectivity index (χ0n) is 11.5. The van der Waals surface area contributed by atoms with Gasteiger partial charge in [0.25, 0.3) is 0 Å². The average molecular weight is 247 g/mol. The molecule has 0 bridgehead atoms. The van der Waals surface area contributed by atoms with Crippen molar-refractivity contribution in [3.05, 3.63) is 23.8 Å². The van der Waals surface area contributed by atoms with Crippen molar-refractivity contribution in [3.63, 3.8) is 0 Å². The van der Waals surface area contributed by atoms with Crippen molar-refractivity contribution in [2.45, 2.75) is 32.4 Å². The largest absolute Gasteiger partial charge is 0.493 e. The van der Waals surface area contributed by atoms with E-state index in [9.17, 15) is 0 Å². The van der Waals surface area contributed by atoms with Crippen LogP contribution in [0.15, 0.2) is 18.2 Å². The molecule has 2 unspecified atom stereocenters. The number of terminal acetylenes is 1. The van der Waals surface area contributed by atoms with Crippen LogP contribution < -0.4 is 14.8 Å². The van der Waals surface area contributed by atoms with E-state index < -0.39 is 0 Å². The van der Waals surface area contributed by atoms with Gasteiger partial charge in [0.15, 0.2) is 11.5 Å². The number of hydrogen-bond donors (Lipinski definition) is 1. The molecule has 0 radical (unpaired) electrons. The third-order valence-electron chi connectivity index (χ3n) is 2.92. The van der Waals surface area contributed by atoms with E-state index in [1.807, 2.05) is 25.1 Å². The molecule has 0 amide bonds. The quantitative estimate of drug-likeness (QED) is 0.784. The molecule has 98 valence electrons. The highest BCUT2D eigenvalue weighted by Gasteiger charge is 2.13. The summed E-state index contributed by atoms with van der Waals surface area (Å²) in [6, 6.07) is 6.20. The fourth-order valence-corrected chi connectivity index (χ4v) is 1.87. The lowest BCUT2D eigenvalue weighted by Crippen LogP contribution is -2.28. The van der Waals surface area contributed by atoms with Crippen molar-refractivity contribution in [3.8, 4) is 23.8 Å². The van der Waals surface area contributed by atoms with Gasteiger partial charge in [-0.3, -0.25) is 5.32 Å². The molecule has 0 aliphatic carbocycles. The van der Waals surface area contributed by atoms with Crippen molar-refractivity contribution in [2.24, 2.45) is 0 Å². The van der Waals surface area contributed by atoms with Gasteiger partial charge >= 0.3 is 0 Å². The van der Waals surface area contributed by atoms with Crippen molar-refractivity contribution in [1.82, 2.24) is 5.32 Å². The molecule has 0 fully saturated rings. The molecule has 0 saturated carbocycles. The fraction of sp³-hybridized carbons (Fsp3) is 0.467. The van der Waals surface area contributed by atoms with Crippen LogP contribution in [0, 0.1) is 12.3 Å². The second-order valence-corrected chi connectivity index (χ2v) is 4.13. The number of ether oxygens (including phenoxy) is 2. The Morgan fingerprint density at radius 3 is 2.44 bits per heavy atom. The van der Waals surface area contributed by atoms with E-state index in [1.54, 1.807) is 14.2 Å². The summed E-state index contributed by atoms with van der Waals surface area (Å²) in [4.78, 5) is 0. The molecule has 3 nitrogen and oxygen atoms in total. The smallest absolute Gasteiger partial charge is 0.161 e. The third-order valence-corrected chi connectivity index (χ3v) is 2.92. The van der Waals surface area contributed by atoms with Crippen LogP contribution in [0.2, 0.25) is 0 Å². The van der Waals surface area contributed by atoms with E-state index in [2.05, 4.69) is 18.2 Å². The van der Waals surface area contributed by atoms with Crippen LogP contribution in [0.5, 0.6) is 11.5 Å². The molecule has 1 aromatic rings. The topological polar surface area (TPSA) is 30.5 Å². The third kappa shape index (κ3) is 3.41. The average Bonchev–Trinajstić information content (AvgIpc) is 2.43. The Kier molecular flexibility index (Phi) is 5.54. The molecular formula is C15H21NO2. The molecule has 0 spiro atoms. The molecule has 18 heavy (non-hydrogen) atoms. The Hall–Kier alpha value is -1.66. The van der Waals surface area contributed by atoms with Crippen LogP contribution in [-0.2, 0) is 0 Å². The Balaban J connectivity index is 2.96. The maximum atomic E-state index is 5.40. The summed E-state index contributed by atoms with van der Waals surface area (Å²) in [6.45, 7) is 4.10. The molecule has 2 atom stereocenters. The van der Waals surface area contributed by atoms with Crippen molar-refractivity contribution in [1.29, 1.82) is 0 Å². The molecule has 0 aliphatic heterocycles. The summed E-state index contributed by atoms with van der Waals surface area (Å²) in [6.07, 6.45) is 6.36. The van der Waals surface area contributed by atoms with Crippen LogP contribution in [0.4, 0.5) is 0 Å². The summed E-state index contributed by atoms with van der Waals surface area (Å²) in [5, 5.41) is 3.39. The first-order chi connectivity index (χ1) is 8.65. The van der Waals surface area contributed by atoms with Crippen LogP contribution >= 0.6 is 0 Å². The minimum Gasteiger partial charge on any atom is -0.493 e. The van der Waals surface area contributed by atoms with Crippen molar-refractivity contribution in [2.75, 3.05) is 14.2 Å². The monoisotopic (exact) mass is 247 g/mol. The normalized spacial score (nSPS) is 13.5. The summed E-state index contributed by atoms with van der Waals surface area (Å²) in [7, 11) is 3.27. The first kappa shape index (κ1) is 14.4. The van der Waals surface area contributed by atoms with E-state index in [1.165, 1.54) is 0 Å². The van der Waals surface area contributed by atoms with E-state index in [0.29, 0.717) is 0 Å².